The molecule has 1 aromatic rings. The van der Waals surface area contributed by atoms with Crippen molar-refractivity contribution in [1.29, 1.82) is 0 Å². The highest BCUT2D eigenvalue weighted by Gasteiger charge is 2.34. The molecule has 1 aliphatic heterocycles. The Hall–Kier alpha value is -1.42. The third-order valence-electron chi connectivity index (χ3n) is 3.39. The van der Waals surface area contributed by atoms with Crippen LogP contribution in [0.4, 0.5) is 4.39 Å². The van der Waals surface area contributed by atoms with Crippen LogP contribution in [0.5, 0.6) is 0 Å². The number of amides is 1. The quantitative estimate of drug-likeness (QED) is 0.849. The van der Waals surface area contributed by atoms with Crippen LogP contribution >= 0.6 is 0 Å². The third kappa shape index (κ3) is 2.31. The SMILES string of the molecule is CC1CCN(C(=O)CN)C1c1cccc(F)c1. The molecule has 2 N–H and O–H groups in total. The fraction of sp³-hybridized carbons (Fsp3) is 0.462. The van der Waals surface area contributed by atoms with Gasteiger partial charge in [-0.25, -0.2) is 4.39 Å². The average Bonchev–Trinajstić information content (AvgIpc) is 2.70. The van der Waals surface area contributed by atoms with Gasteiger partial charge in [-0.1, -0.05) is 19.1 Å². The lowest BCUT2D eigenvalue weighted by Crippen LogP contribution is -2.36. The number of carbonyl (C=O) groups is 1. The molecule has 0 radical (unpaired) electrons. The predicted octanol–water partition coefficient (Wildman–Crippen LogP) is 1.69. The molecule has 0 saturated carbocycles. The minimum Gasteiger partial charge on any atom is -0.334 e. The highest BCUT2D eigenvalue weighted by molar-refractivity contribution is 5.78. The fourth-order valence-corrected chi connectivity index (χ4v) is 2.54. The zero-order chi connectivity index (χ0) is 12.4. The average molecular weight is 236 g/mol. The molecule has 1 heterocycles. The molecule has 1 saturated heterocycles. The molecule has 1 aromatic carbocycles. The normalized spacial score (nSPS) is 24.1. The van der Waals surface area contributed by atoms with Gasteiger partial charge in [0.2, 0.25) is 5.91 Å². The summed E-state index contributed by atoms with van der Waals surface area (Å²) < 4.78 is 13.2. The molecule has 4 heteroatoms. The summed E-state index contributed by atoms with van der Waals surface area (Å²) in [6.07, 6.45) is 0.937. The Labute approximate surface area is 100 Å². The molecule has 2 atom stereocenters. The second-order valence-corrected chi connectivity index (χ2v) is 4.56. The maximum atomic E-state index is 13.2. The van der Waals surface area contributed by atoms with Crippen LogP contribution in [0.2, 0.25) is 0 Å². The Bertz CT molecular complexity index is 422. The molecule has 2 unspecified atom stereocenters. The van der Waals surface area contributed by atoms with Crippen molar-refractivity contribution in [2.75, 3.05) is 13.1 Å². The lowest BCUT2D eigenvalue weighted by Gasteiger charge is -2.27. The number of nitrogens with two attached hydrogens (primary N) is 1. The lowest BCUT2D eigenvalue weighted by atomic mass is 9.95. The van der Waals surface area contributed by atoms with Gasteiger partial charge < -0.3 is 10.6 Å². The first-order valence-corrected chi connectivity index (χ1v) is 5.88. The number of hydrogen-bond donors (Lipinski definition) is 1. The number of nitrogens with zero attached hydrogens (tertiary/aromatic N) is 1. The molecule has 1 amide bonds. The Morgan fingerprint density at radius 2 is 2.35 bits per heavy atom. The van der Waals surface area contributed by atoms with E-state index in [9.17, 15) is 9.18 Å². The van der Waals surface area contributed by atoms with Crippen molar-refractivity contribution in [2.45, 2.75) is 19.4 Å². The Balaban J connectivity index is 2.30. The van der Waals surface area contributed by atoms with E-state index in [-0.39, 0.29) is 24.3 Å². The first kappa shape index (κ1) is 12.0. The summed E-state index contributed by atoms with van der Waals surface area (Å²) in [4.78, 5) is 13.5. The molecule has 92 valence electrons. The van der Waals surface area contributed by atoms with E-state index < -0.39 is 0 Å². The molecular weight excluding hydrogens is 219 g/mol. The Morgan fingerprint density at radius 3 is 3.00 bits per heavy atom. The minimum atomic E-state index is -0.262. The van der Waals surface area contributed by atoms with Gasteiger partial charge in [0.1, 0.15) is 5.82 Å². The second kappa shape index (κ2) is 4.84. The predicted molar refractivity (Wildman–Crippen MR) is 63.7 cm³/mol. The topological polar surface area (TPSA) is 46.3 Å². The van der Waals surface area contributed by atoms with Crippen molar-refractivity contribution < 1.29 is 9.18 Å². The molecule has 2 rings (SSSR count). The van der Waals surface area contributed by atoms with E-state index in [0.717, 1.165) is 12.0 Å². The third-order valence-corrected chi connectivity index (χ3v) is 3.39. The summed E-state index contributed by atoms with van der Waals surface area (Å²) >= 11 is 0. The molecule has 0 bridgehead atoms. The largest absolute Gasteiger partial charge is 0.334 e. The standard InChI is InChI=1S/C13H17FN2O/c1-9-5-6-16(12(17)8-15)13(9)10-3-2-4-11(14)7-10/h2-4,7,9,13H,5-6,8,15H2,1H3. The van der Waals surface area contributed by atoms with E-state index in [4.69, 9.17) is 5.73 Å². The van der Waals surface area contributed by atoms with E-state index in [2.05, 4.69) is 6.92 Å². The molecular formula is C13H17FN2O. The number of halogens is 1. The zero-order valence-corrected chi connectivity index (χ0v) is 9.90. The summed E-state index contributed by atoms with van der Waals surface area (Å²) in [6.45, 7) is 2.80. The van der Waals surface area contributed by atoms with E-state index >= 15 is 0 Å². The summed E-state index contributed by atoms with van der Waals surface area (Å²) in [6, 6.07) is 6.43. The van der Waals surface area contributed by atoms with Crippen LogP contribution in [-0.4, -0.2) is 23.9 Å². The highest BCUT2D eigenvalue weighted by Crippen LogP contribution is 2.36. The molecule has 1 aliphatic rings. The van der Waals surface area contributed by atoms with Gasteiger partial charge >= 0.3 is 0 Å². The van der Waals surface area contributed by atoms with Crippen molar-refractivity contribution in [3.63, 3.8) is 0 Å². The van der Waals surface area contributed by atoms with Gasteiger partial charge in [0.05, 0.1) is 12.6 Å². The number of hydrogen-bond acceptors (Lipinski definition) is 2. The Kier molecular flexibility index (Phi) is 3.43. The van der Waals surface area contributed by atoms with Gasteiger partial charge in [-0.2, -0.15) is 0 Å². The van der Waals surface area contributed by atoms with Crippen LogP contribution in [0.15, 0.2) is 24.3 Å². The van der Waals surface area contributed by atoms with E-state index in [1.54, 1.807) is 11.0 Å². The van der Waals surface area contributed by atoms with Gasteiger partial charge in [0, 0.05) is 6.54 Å². The minimum absolute atomic E-state index is 0.0124. The number of rotatable bonds is 2. The van der Waals surface area contributed by atoms with E-state index in [0.29, 0.717) is 12.5 Å². The van der Waals surface area contributed by atoms with Crippen molar-refractivity contribution in [3.8, 4) is 0 Å². The summed E-state index contributed by atoms with van der Waals surface area (Å²) in [5, 5.41) is 0. The molecule has 3 nitrogen and oxygen atoms in total. The Morgan fingerprint density at radius 1 is 1.59 bits per heavy atom. The van der Waals surface area contributed by atoms with Crippen LogP contribution in [0, 0.1) is 11.7 Å². The number of carbonyl (C=O) groups excluding carboxylic acids is 1. The van der Waals surface area contributed by atoms with Gasteiger partial charge in [-0.3, -0.25) is 4.79 Å². The summed E-state index contributed by atoms with van der Waals surface area (Å²) in [5.41, 5.74) is 6.26. The molecule has 17 heavy (non-hydrogen) atoms. The maximum absolute atomic E-state index is 13.2. The van der Waals surface area contributed by atoms with E-state index in [1.807, 2.05) is 6.07 Å². The summed E-state index contributed by atoms with van der Waals surface area (Å²) in [7, 11) is 0. The molecule has 1 fully saturated rings. The highest BCUT2D eigenvalue weighted by atomic mass is 19.1. The zero-order valence-electron chi connectivity index (χ0n) is 9.90. The van der Waals surface area contributed by atoms with Gasteiger partial charge in [-0.15, -0.1) is 0 Å². The van der Waals surface area contributed by atoms with Gasteiger partial charge in [0.15, 0.2) is 0 Å². The van der Waals surface area contributed by atoms with Crippen molar-refractivity contribution in [3.05, 3.63) is 35.6 Å². The van der Waals surface area contributed by atoms with Crippen LogP contribution in [0.25, 0.3) is 0 Å². The molecule has 0 spiro atoms. The van der Waals surface area contributed by atoms with Crippen LogP contribution in [-0.2, 0) is 4.79 Å². The van der Waals surface area contributed by atoms with Crippen molar-refractivity contribution in [2.24, 2.45) is 11.7 Å². The number of benzene rings is 1. The first-order valence-electron chi connectivity index (χ1n) is 5.88. The van der Waals surface area contributed by atoms with Crippen LogP contribution in [0.1, 0.15) is 24.9 Å². The van der Waals surface area contributed by atoms with Gasteiger partial charge in [-0.05, 0) is 30.0 Å². The summed E-state index contributed by atoms with van der Waals surface area (Å²) in [5.74, 6) is 0.0117. The fourth-order valence-electron chi connectivity index (χ4n) is 2.54. The van der Waals surface area contributed by atoms with Gasteiger partial charge in [0.25, 0.3) is 0 Å². The van der Waals surface area contributed by atoms with E-state index in [1.165, 1.54) is 12.1 Å². The number of likely N-dealkylation sites (tertiary alicyclic amines) is 1. The smallest absolute Gasteiger partial charge is 0.236 e. The van der Waals surface area contributed by atoms with Crippen molar-refractivity contribution >= 4 is 5.91 Å². The first-order chi connectivity index (χ1) is 8.13. The lowest BCUT2D eigenvalue weighted by molar-refractivity contribution is -0.130. The van der Waals surface area contributed by atoms with Crippen LogP contribution < -0.4 is 5.73 Å². The maximum Gasteiger partial charge on any atom is 0.236 e. The molecule has 0 aliphatic carbocycles. The van der Waals surface area contributed by atoms with Crippen LogP contribution in [0.3, 0.4) is 0 Å². The molecule has 0 aromatic heterocycles. The second-order valence-electron chi connectivity index (χ2n) is 4.56. The van der Waals surface area contributed by atoms with Crippen molar-refractivity contribution in [1.82, 2.24) is 4.90 Å². The monoisotopic (exact) mass is 236 g/mol.